The fourth-order valence-corrected chi connectivity index (χ4v) is 3.23. The summed E-state index contributed by atoms with van der Waals surface area (Å²) < 4.78 is 35.6. The molecule has 1 aromatic heterocycles. The van der Waals surface area contributed by atoms with Crippen molar-refractivity contribution < 1.29 is 17.6 Å². The molecule has 1 aromatic carbocycles. The van der Waals surface area contributed by atoms with Crippen LogP contribution in [0.5, 0.6) is 0 Å². The fraction of sp³-hybridized carbons (Fsp3) is 0.0833. The second kappa shape index (κ2) is 5.70. The van der Waals surface area contributed by atoms with Crippen molar-refractivity contribution >= 4 is 27.3 Å². The number of carbonyl (C=O) groups excluding carboxylic acids is 1. The fourth-order valence-electron chi connectivity index (χ4n) is 1.51. The number of thiophene rings is 1. The van der Waals surface area contributed by atoms with Crippen LogP contribution in [0, 0.1) is 5.82 Å². The monoisotopic (exact) mass is 314 g/mol. The molecule has 0 fully saturated rings. The zero-order chi connectivity index (χ0) is 14.8. The third-order valence-electron chi connectivity index (χ3n) is 2.46. The molecule has 0 unspecified atom stereocenters. The molecule has 0 saturated carbocycles. The number of sulfonamides is 1. The second-order valence-electron chi connectivity index (χ2n) is 3.93. The summed E-state index contributed by atoms with van der Waals surface area (Å²) in [7, 11) is -3.73. The highest BCUT2D eigenvalue weighted by molar-refractivity contribution is 7.91. The molecule has 0 atom stereocenters. The molecule has 0 radical (unpaired) electrons. The molecular formula is C12H11FN2O3S2. The molecule has 1 heterocycles. The lowest BCUT2D eigenvalue weighted by Crippen LogP contribution is -2.23. The lowest BCUT2D eigenvalue weighted by molar-refractivity contribution is 0.0947. The number of carbonyl (C=O) groups is 1. The summed E-state index contributed by atoms with van der Waals surface area (Å²) in [6, 6.07) is 8.52. The van der Waals surface area contributed by atoms with E-state index in [4.69, 9.17) is 5.14 Å². The van der Waals surface area contributed by atoms with Crippen LogP contribution in [0.2, 0.25) is 0 Å². The maximum Gasteiger partial charge on any atom is 0.254 e. The lowest BCUT2D eigenvalue weighted by atomic mass is 10.2. The largest absolute Gasteiger partial charge is 0.347 e. The van der Waals surface area contributed by atoms with Gasteiger partial charge >= 0.3 is 0 Å². The van der Waals surface area contributed by atoms with Gasteiger partial charge in [0, 0.05) is 4.88 Å². The summed E-state index contributed by atoms with van der Waals surface area (Å²) in [5.41, 5.74) is -0.0595. The summed E-state index contributed by atoms with van der Waals surface area (Å²) in [4.78, 5) is 12.4. The van der Waals surface area contributed by atoms with Crippen LogP contribution in [0.1, 0.15) is 15.2 Å². The van der Waals surface area contributed by atoms with Gasteiger partial charge in [-0.25, -0.2) is 17.9 Å². The Hall–Kier alpha value is -1.77. The van der Waals surface area contributed by atoms with E-state index in [1.807, 2.05) is 0 Å². The molecule has 106 valence electrons. The summed E-state index contributed by atoms with van der Waals surface area (Å²) in [5.74, 6) is -1.17. The van der Waals surface area contributed by atoms with E-state index in [-0.39, 0.29) is 16.3 Å². The number of hydrogen-bond acceptors (Lipinski definition) is 4. The lowest BCUT2D eigenvalue weighted by Gasteiger charge is -2.04. The van der Waals surface area contributed by atoms with Crippen LogP contribution in [0.4, 0.5) is 4.39 Å². The van der Waals surface area contributed by atoms with Crippen molar-refractivity contribution in [3.8, 4) is 0 Å². The van der Waals surface area contributed by atoms with Gasteiger partial charge < -0.3 is 5.32 Å². The van der Waals surface area contributed by atoms with E-state index >= 15 is 0 Å². The smallest absolute Gasteiger partial charge is 0.254 e. The van der Waals surface area contributed by atoms with Gasteiger partial charge in [-0.05, 0) is 24.3 Å². The van der Waals surface area contributed by atoms with Crippen LogP contribution in [0.25, 0.3) is 0 Å². The standard InChI is InChI=1S/C12H11FN2O3S2/c13-10-4-2-1-3-9(10)12(16)15-7-8-5-6-11(19-8)20(14,17)18/h1-6H,7H2,(H,15,16)(H2,14,17,18). The number of amides is 1. The Morgan fingerprint density at radius 1 is 1.25 bits per heavy atom. The predicted molar refractivity (Wildman–Crippen MR) is 73.3 cm³/mol. The van der Waals surface area contributed by atoms with Crippen LogP contribution < -0.4 is 10.5 Å². The first-order chi connectivity index (χ1) is 9.38. The maximum absolute atomic E-state index is 13.4. The second-order valence-corrected chi connectivity index (χ2v) is 6.88. The summed E-state index contributed by atoms with van der Waals surface area (Å²) in [6.45, 7) is 0.105. The zero-order valence-corrected chi connectivity index (χ0v) is 11.8. The van der Waals surface area contributed by atoms with Crippen molar-refractivity contribution in [2.75, 3.05) is 0 Å². The van der Waals surface area contributed by atoms with Crippen molar-refractivity contribution in [1.29, 1.82) is 0 Å². The molecule has 20 heavy (non-hydrogen) atoms. The predicted octanol–water partition coefficient (Wildman–Crippen LogP) is 1.46. The van der Waals surface area contributed by atoms with Crippen LogP contribution in [-0.2, 0) is 16.6 Å². The van der Waals surface area contributed by atoms with E-state index < -0.39 is 21.7 Å². The summed E-state index contributed by atoms with van der Waals surface area (Å²) in [5, 5.41) is 7.50. The normalized spacial score (nSPS) is 11.3. The van der Waals surface area contributed by atoms with Gasteiger partial charge in [-0.15, -0.1) is 11.3 Å². The average molecular weight is 314 g/mol. The van der Waals surface area contributed by atoms with Crippen LogP contribution in [0.15, 0.2) is 40.6 Å². The third kappa shape index (κ3) is 3.41. The third-order valence-corrected chi connectivity index (χ3v) is 4.98. The quantitative estimate of drug-likeness (QED) is 0.895. The van der Waals surface area contributed by atoms with E-state index in [0.29, 0.717) is 4.88 Å². The number of halogens is 1. The molecule has 3 N–H and O–H groups in total. The highest BCUT2D eigenvalue weighted by Crippen LogP contribution is 2.20. The number of nitrogens with two attached hydrogens (primary N) is 1. The molecule has 2 aromatic rings. The number of rotatable bonds is 4. The van der Waals surface area contributed by atoms with E-state index in [9.17, 15) is 17.6 Å². The molecule has 1 amide bonds. The van der Waals surface area contributed by atoms with E-state index in [0.717, 1.165) is 11.3 Å². The van der Waals surface area contributed by atoms with Crippen molar-refractivity contribution in [3.63, 3.8) is 0 Å². The molecule has 0 spiro atoms. The van der Waals surface area contributed by atoms with E-state index in [2.05, 4.69) is 5.32 Å². The van der Waals surface area contributed by atoms with Crippen molar-refractivity contribution in [2.24, 2.45) is 5.14 Å². The maximum atomic E-state index is 13.4. The first-order valence-corrected chi connectivity index (χ1v) is 7.88. The Balaban J connectivity index is 2.04. The van der Waals surface area contributed by atoms with Gasteiger partial charge in [0.15, 0.2) is 0 Å². The van der Waals surface area contributed by atoms with Crippen molar-refractivity contribution in [3.05, 3.63) is 52.7 Å². The molecule has 0 saturated heterocycles. The SMILES string of the molecule is NS(=O)(=O)c1ccc(CNC(=O)c2ccccc2F)s1. The van der Waals surface area contributed by atoms with Gasteiger partial charge in [-0.3, -0.25) is 4.79 Å². The van der Waals surface area contributed by atoms with Gasteiger partial charge in [-0.1, -0.05) is 12.1 Å². The Bertz CT molecular complexity index is 741. The van der Waals surface area contributed by atoms with Crippen LogP contribution in [-0.4, -0.2) is 14.3 Å². The highest BCUT2D eigenvalue weighted by atomic mass is 32.2. The van der Waals surface area contributed by atoms with Crippen molar-refractivity contribution in [1.82, 2.24) is 5.32 Å². The van der Waals surface area contributed by atoms with Crippen LogP contribution >= 0.6 is 11.3 Å². The number of nitrogens with one attached hydrogen (secondary N) is 1. The Kier molecular flexibility index (Phi) is 4.17. The van der Waals surface area contributed by atoms with Crippen molar-refractivity contribution in [2.45, 2.75) is 10.8 Å². The van der Waals surface area contributed by atoms with Gasteiger partial charge in [0.2, 0.25) is 10.0 Å². The zero-order valence-electron chi connectivity index (χ0n) is 10.2. The number of benzene rings is 1. The average Bonchev–Trinajstić information content (AvgIpc) is 2.85. The summed E-state index contributed by atoms with van der Waals surface area (Å²) in [6.07, 6.45) is 0. The molecule has 0 bridgehead atoms. The topological polar surface area (TPSA) is 89.3 Å². The number of hydrogen-bond donors (Lipinski definition) is 2. The first kappa shape index (κ1) is 14.6. The van der Waals surface area contributed by atoms with E-state index in [1.54, 1.807) is 12.1 Å². The molecular weight excluding hydrogens is 303 g/mol. The minimum atomic E-state index is -3.73. The van der Waals surface area contributed by atoms with E-state index in [1.165, 1.54) is 24.3 Å². The molecule has 5 nitrogen and oxygen atoms in total. The van der Waals surface area contributed by atoms with Gasteiger partial charge in [0.25, 0.3) is 5.91 Å². The summed E-state index contributed by atoms with van der Waals surface area (Å²) >= 11 is 0.960. The van der Waals surface area contributed by atoms with Gasteiger partial charge in [0.05, 0.1) is 12.1 Å². The Labute approximate surface area is 119 Å². The first-order valence-electron chi connectivity index (χ1n) is 5.52. The Morgan fingerprint density at radius 3 is 2.55 bits per heavy atom. The molecule has 0 aliphatic heterocycles. The minimum absolute atomic E-state index is 0.0210. The molecule has 0 aliphatic carbocycles. The molecule has 0 aliphatic rings. The number of primary sulfonamides is 1. The minimum Gasteiger partial charge on any atom is -0.347 e. The van der Waals surface area contributed by atoms with Gasteiger partial charge in [-0.2, -0.15) is 0 Å². The Morgan fingerprint density at radius 2 is 1.95 bits per heavy atom. The molecule has 8 heteroatoms. The van der Waals surface area contributed by atoms with Crippen LogP contribution in [0.3, 0.4) is 0 Å². The van der Waals surface area contributed by atoms with Gasteiger partial charge in [0.1, 0.15) is 10.0 Å². The molecule has 2 rings (SSSR count). The highest BCUT2D eigenvalue weighted by Gasteiger charge is 2.13.